The molecule has 3 aromatic rings. The first-order chi connectivity index (χ1) is 15.4. The standard InChI is InChI=1S/C25H29N3O4/c1-17-3-5-18(6-4-17)22-15-23(27-28(22)19-7-9-20(31-2)10-8-19)25(30)13-11-21(12-14-25)32-24(29)16-26/h3-10,15,21,30H,11-14,16,26H2,1-2H3. The molecule has 7 heteroatoms. The Morgan fingerprint density at radius 3 is 2.41 bits per heavy atom. The van der Waals surface area contributed by atoms with Crippen LogP contribution in [0.25, 0.3) is 16.9 Å². The summed E-state index contributed by atoms with van der Waals surface area (Å²) in [7, 11) is 1.63. The maximum Gasteiger partial charge on any atom is 0.319 e. The highest BCUT2D eigenvalue weighted by Gasteiger charge is 2.38. The van der Waals surface area contributed by atoms with Gasteiger partial charge in [0.25, 0.3) is 0 Å². The van der Waals surface area contributed by atoms with Crippen LogP contribution in [-0.2, 0) is 15.1 Å². The van der Waals surface area contributed by atoms with Crippen LogP contribution < -0.4 is 10.5 Å². The molecule has 0 saturated heterocycles. The maximum atomic E-state index is 11.5. The van der Waals surface area contributed by atoms with Crippen LogP contribution in [0.4, 0.5) is 0 Å². The summed E-state index contributed by atoms with van der Waals surface area (Å²) in [4.78, 5) is 11.5. The number of benzene rings is 2. The number of carbonyl (C=O) groups is 1. The molecule has 0 aliphatic heterocycles. The Bertz CT molecular complexity index is 1070. The number of ether oxygens (including phenoxy) is 2. The van der Waals surface area contributed by atoms with Crippen LogP contribution >= 0.6 is 0 Å². The van der Waals surface area contributed by atoms with Crippen LogP contribution in [0.3, 0.4) is 0 Å². The van der Waals surface area contributed by atoms with E-state index >= 15 is 0 Å². The Morgan fingerprint density at radius 2 is 1.81 bits per heavy atom. The van der Waals surface area contributed by atoms with Gasteiger partial charge in [-0.15, -0.1) is 0 Å². The van der Waals surface area contributed by atoms with Gasteiger partial charge in [-0.05, 0) is 62.9 Å². The summed E-state index contributed by atoms with van der Waals surface area (Å²) in [6.45, 7) is 1.92. The molecule has 1 heterocycles. The lowest BCUT2D eigenvalue weighted by Crippen LogP contribution is -2.36. The molecule has 32 heavy (non-hydrogen) atoms. The van der Waals surface area contributed by atoms with Gasteiger partial charge in [-0.3, -0.25) is 4.79 Å². The van der Waals surface area contributed by atoms with Gasteiger partial charge >= 0.3 is 5.97 Å². The highest BCUT2D eigenvalue weighted by molar-refractivity contribution is 5.71. The smallest absolute Gasteiger partial charge is 0.319 e. The first kappa shape index (κ1) is 22.0. The number of esters is 1. The fraction of sp³-hybridized carbons (Fsp3) is 0.360. The van der Waals surface area contributed by atoms with Crippen molar-refractivity contribution >= 4 is 5.97 Å². The molecule has 1 aliphatic rings. The van der Waals surface area contributed by atoms with E-state index in [9.17, 15) is 9.90 Å². The van der Waals surface area contributed by atoms with Crippen molar-refractivity contribution in [3.8, 4) is 22.7 Å². The zero-order valence-corrected chi connectivity index (χ0v) is 18.5. The topological polar surface area (TPSA) is 99.6 Å². The van der Waals surface area contributed by atoms with E-state index in [1.54, 1.807) is 7.11 Å². The van der Waals surface area contributed by atoms with Gasteiger partial charge in [0, 0.05) is 5.56 Å². The normalized spacial score (nSPS) is 20.7. The molecule has 0 radical (unpaired) electrons. The summed E-state index contributed by atoms with van der Waals surface area (Å²) in [5, 5.41) is 16.3. The lowest BCUT2D eigenvalue weighted by molar-refractivity contribution is -0.152. The van der Waals surface area contributed by atoms with E-state index in [1.165, 1.54) is 5.56 Å². The molecule has 0 unspecified atom stereocenters. The molecule has 2 aromatic carbocycles. The Kier molecular flexibility index (Phi) is 6.30. The molecular formula is C25H29N3O4. The van der Waals surface area contributed by atoms with Crippen molar-refractivity contribution in [1.29, 1.82) is 0 Å². The number of aliphatic hydroxyl groups is 1. The second-order valence-electron chi connectivity index (χ2n) is 8.32. The third-order valence-electron chi connectivity index (χ3n) is 6.08. The molecule has 0 amide bonds. The van der Waals surface area contributed by atoms with Gasteiger partial charge in [-0.25, -0.2) is 4.68 Å². The third kappa shape index (κ3) is 4.54. The average molecular weight is 436 g/mol. The summed E-state index contributed by atoms with van der Waals surface area (Å²) in [5.41, 5.74) is 8.85. The van der Waals surface area contributed by atoms with E-state index in [2.05, 4.69) is 31.2 Å². The van der Waals surface area contributed by atoms with E-state index < -0.39 is 11.6 Å². The van der Waals surface area contributed by atoms with Gasteiger partial charge in [0.15, 0.2) is 0 Å². The number of hydrogen-bond acceptors (Lipinski definition) is 6. The quantitative estimate of drug-likeness (QED) is 0.575. The summed E-state index contributed by atoms with van der Waals surface area (Å²) in [5.74, 6) is 0.355. The zero-order valence-electron chi connectivity index (χ0n) is 18.5. The molecule has 168 valence electrons. The van der Waals surface area contributed by atoms with Crippen molar-refractivity contribution in [2.45, 2.75) is 44.3 Å². The molecule has 0 bridgehead atoms. The van der Waals surface area contributed by atoms with E-state index in [4.69, 9.17) is 20.3 Å². The number of methoxy groups -OCH3 is 1. The molecule has 3 N–H and O–H groups in total. The molecule has 1 fully saturated rings. The number of nitrogens with zero attached hydrogens (tertiary/aromatic N) is 2. The predicted molar refractivity (Wildman–Crippen MR) is 122 cm³/mol. The number of rotatable bonds is 6. The molecule has 4 rings (SSSR count). The molecule has 7 nitrogen and oxygen atoms in total. The lowest BCUT2D eigenvalue weighted by Gasteiger charge is -2.34. The van der Waals surface area contributed by atoms with Crippen molar-refractivity contribution in [3.63, 3.8) is 0 Å². The number of aryl methyl sites for hydroxylation is 1. The minimum Gasteiger partial charge on any atom is -0.497 e. The monoisotopic (exact) mass is 435 g/mol. The molecule has 1 saturated carbocycles. The average Bonchev–Trinajstić information content (AvgIpc) is 3.27. The van der Waals surface area contributed by atoms with Crippen LogP contribution in [0.15, 0.2) is 54.6 Å². The van der Waals surface area contributed by atoms with Gasteiger partial charge in [-0.2, -0.15) is 5.10 Å². The van der Waals surface area contributed by atoms with Crippen molar-refractivity contribution in [2.75, 3.05) is 13.7 Å². The van der Waals surface area contributed by atoms with Gasteiger partial charge < -0.3 is 20.3 Å². The third-order valence-corrected chi connectivity index (χ3v) is 6.08. The van der Waals surface area contributed by atoms with E-state index in [0.29, 0.717) is 31.4 Å². The maximum absolute atomic E-state index is 11.5. The number of carbonyl (C=O) groups excluding carboxylic acids is 1. The van der Waals surface area contributed by atoms with Gasteiger partial charge in [0.1, 0.15) is 17.5 Å². The second-order valence-corrected chi connectivity index (χ2v) is 8.32. The van der Waals surface area contributed by atoms with E-state index in [1.807, 2.05) is 35.0 Å². The van der Waals surface area contributed by atoms with Crippen LogP contribution in [0.5, 0.6) is 5.75 Å². The molecule has 0 spiro atoms. The van der Waals surface area contributed by atoms with Gasteiger partial charge in [0.05, 0.1) is 30.7 Å². The number of aromatic nitrogens is 2. The Morgan fingerprint density at radius 1 is 1.16 bits per heavy atom. The van der Waals surface area contributed by atoms with Crippen LogP contribution in [0.2, 0.25) is 0 Å². The zero-order chi connectivity index (χ0) is 22.7. The molecule has 1 aromatic heterocycles. The van der Waals surface area contributed by atoms with E-state index in [0.717, 1.165) is 22.7 Å². The van der Waals surface area contributed by atoms with Crippen LogP contribution in [-0.4, -0.2) is 40.6 Å². The summed E-state index contributed by atoms with van der Waals surface area (Å²) in [6, 6.07) is 17.9. The summed E-state index contributed by atoms with van der Waals surface area (Å²) in [6.07, 6.45) is 1.84. The van der Waals surface area contributed by atoms with Gasteiger partial charge in [0.2, 0.25) is 0 Å². The fourth-order valence-electron chi connectivity index (χ4n) is 4.14. The van der Waals surface area contributed by atoms with Crippen molar-refractivity contribution in [2.24, 2.45) is 5.73 Å². The van der Waals surface area contributed by atoms with Crippen LogP contribution in [0, 0.1) is 6.92 Å². The second kappa shape index (κ2) is 9.14. The van der Waals surface area contributed by atoms with Crippen LogP contribution in [0.1, 0.15) is 36.9 Å². The van der Waals surface area contributed by atoms with Crippen molar-refractivity contribution in [3.05, 3.63) is 65.9 Å². The van der Waals surface area contributed by atoms with E-state index in [-0.39, 0.29) is 12.6 Å². The minimum absolute atomic E-state index is 0.132. The van der Waals surface area contributed by atoms with Gasteiger partial charge in [-0.1, -0.05) is 29.8 Å². The molecular weight excluding hydrogens is 406 g/mol. The summed E-state index contributed by atoms with van der Waals surface area (Å²) >= 11 is 0. The Labute approximate surface area is 187 Å². The first-order valence-corrected chi connectivity index (χ1v) is 10.9. The van der Waals surface area contributed by atoms with Crippen molar-refractivity contribution < 1.29 is 19.4 Å². The SMILES string of the molecule is COc1ccc(-n2nc(C3(O)CCC(OC(=O)CN)CC3)cc2-c2ccc(C)cc2)cc1. The summed E-state index contributed by atoms with van der Waals surface area (Å²) < 4.78 is 12.5. The largest absolute Gasteiger partial charge is 0.497 e. The fourth-order valence-corrected chi connectivity index (χ4v) is 4.14. The molecule has 1 aliphatic carbocycles. The van der Waals surface area contributed by atoms with Crippen molar-refractivity contribution in [1.82, 2.24) is 9.78 Å². The lowest BCUT2D eigenvalue weighted by atomic mass is 9.81. The number of hydrogen-bond donors (Lipinski definition) is 2. The first-order valence-electron chi connectivity index (χ1n) is 10.9. The highest BCUT2D eigenvalue weighted by Crippen LogP contribution is 2.39. The Hall–Kier alpha value is -3.16. The number of nitrogens with two attached hydrogens (primary N) is 1. The minimum atomic E-state index is -1.08. The Balaban J connectivity index is 1.67. The highest BCUT2D eigenvalue weighted by atomic mass is 16.5. The molecule has 0 atom stereocenters. The predicted octanol–water partition coefficient (Wildman–Crippen LogP) is 3.49.